The molecule has 0 radical (unpaired) electrons. The number of para-hydroxylation sites is 1. The van der Waals surface area contributed by atoms with E-state index in [-0.39, 0.29) is 18.0 Å². The summed E-state index contributed by atoms with van der Waals surface area (Å²) < 4.78 is 6.28. The SMILES string of the molecule is C[C@@]12C[C@@H](NC(=O)N1c1ccc(C(=O)NCc3ccccc3)cc1)c1ccccc1O2. The summed E-state index contributed by atoms with van der Waals surface area (Å²) in [6, 6.07) is 24.3. The number of amides is 3. The topological polar surface area (TPSA) is 70.7 Å². The molecule has 6 nitrogen and oxygen atoms in total. The van der Waals surface area contributed by atoms with E-state index in [2.05, 4.69) is 10.6 Å². The van der Waals surface area contributed by atoms with Gasteiger partial charge in [-0.05, 0) is 42.8 Å². The molecule has 2 heterocycles. The van der Waals surface area contributed by atoms with Gasteiger partial charge in [0.25, 0.3) is 5.91 Å². The van der Waals surface area contributed by atoms with Crippen molar-refractivity contribution >= 4 is 17.6 Å². The predicted octanol–water partition coefficient (Wildman–Crippen LogP) is 4.39. The number of urea groups is 1. The van der Waals surface area contributed by atoms with Crippen molar-refractivity contribution < 1.29 is 14.3 Å². The zero-order valence-electron chi connectivity index (χ0n) is 17.2. The third-order valence-corrected chi connectivity index (χ3v) is 5.86. The number of carbonyl (C=O) groups excluding carboxylic acids is 2. The largest absolute Gasteiger partial charge is 0.467 e. The Morgan fingerprint density at radius 1 is 1.06 bits per heavy atom. The smallest absolute Gasteiger partial charge is 0.325 e. The minimum absolute atomic E-state index is 0.0817. The van der Waals surface area contributed by atoms with Crippen molar-refractivity contribution in [2.75, 3.05) is 4.90 Å². The molecule has 0 aliphatic carbocycles. The van der Waals surface area contributed by atoms with Crippen molar-refractivity contribution in [1.82, 2.24) is 10.6 Å². The molecule has 0 unspecified atom stereocenters. The van der Waals surface area contributed by atoms with E-state index < -0.39 is 5.72 Å². The number of rotatable bonds is 4. The summed E-state index contributed by atoms with van der Waals surface area (Å²) in [4.78, 5) is 27.1. The van der Waals surface area contributed by atoms with Gasteiger partial charge < -0.3 is 15.4 Å². The van der Waals surface area contributed by atoms with Crippen LogP contribution in [-0.4, -0.2) is 17.7 Å². The van der Waals surface area contributed by atoms with Gasteiger partial charge in [0.05, 0.1) is 6.04 Å². The Hall–Kier alpha value is -3.80. The average molecular weight is 413 g/mol. The summed E-state index contributed by atoms with van der Waals surface area (Å²) in [5.41, 5.74) is 2.44. The first-order valence-corrected chi connectivity index (χ1v) is 10.3. The van der Waals surface area contributed by atoms with Gasteiger partial charge >= 0.3 is 6.03 Å². The summed E-state index contributed by atoms with van der Waals surface area (Å²) in [5, 5.41) is 6.00. The first-order chi connectivity index (χ1) is 15.0. The zero-order chi connectivity index (χ0) is 21.4. The molecular weight excluding hydrogens is 390 g/mol. The van der Waals surface area contributed by atoms with E-state index in [1.54, 1.807) is 29.2 Å². The zero-order valence-corrected chi connectivity index (χ0v) is 17.2. The first kappa shape index (κ1) is 19.2. The molecule has 3 amide bonds. The van der Waals surface area contributed by atoms with Crippen LogP contribution in [0.15, 0.2) is 78.9 Å². The van der Waals surface area contributed by atoms with Gasteiger partial charge in [0, 0.05) is 29.8 Å². The lowest BCUT2D eigenvalue weighted by Crippen LogP contribution is -2.65. The van der Waals surface area contributed by atoms with Crippen molar-refractivity contribution in [3.05, 3.63) is 95.6 Å². The lowest BCUT2D eigenvalue weighted by Gasteiger charge is -2.50. The maximum Gasteiger partial charge on any atom is 0.325 e. The van der Waals surface area contributed by atoms with Crippen molar-refractivity contribution in [1.29, 1.82) is 0 Å². The highest BCUT2D eigenvalue weighted by atomic mass is 16.5. The second-order valence-corrected chi connectivity index (χ2v) is 8.07. The summed E-state index contributed by atoms with van der Waals surface area (Å²) in [7, 11) is 0. The number of nitrogens with zero attached hydrogens (tertiary/aromatic N) is 1. The average Bonchev–Trinajstić information content (AvgIpc) is 2.78. The van der Waals surface area contributed by atoms with Crippen LogP contribution in [0.2, 0.25) is 0 Å². The van der Waals surface area contributed by atoms with Crippen LogP contribution < -0.4 is 20.3 Å². The van der Waals surface area contributed by atoms with Gasteiger partial charge in [0.2, 0.25) is 0 Å². The summed E-state index contributed by atoms with van der Waals surface area (Å²) in [6.45, 7) is 2.39. The van der Waals surface area contributed by atoms with E-state index in [1.165, 1.54) is 0 Å². The predicted molar refractivity (Wildman–Crippen MR) is 118 cm³/mol. The highest BCUT2D eigenvalue weighted by Gasteiger charge is 2.49. The molecule has 156 valence electrons. The maximum absolute atomic E-state index is 13.0. The van der Waals surface area contributed by atoms with E-state index in [0.717, 1.165) is 16.9 Å². The normalized spacial score (nSPS) is 21.5. The van der Waals surface area contributed by atoms with Crippen LogP contribution in [0.5, 0.6) is 5.75 Å². The van der Waals surface area contributed by atoms with Crippen LogP contribution in [0.4, 0.5) is 10.5 Å². The molecule has 3 aromatic rings. The molecule has 31 heavy (non-hydrogen) atoms. The molecular formula is C25H23N3O3. The number of hydrogen-bond acceptors (Lipinski definition) is 3. The molecule has 2 aliphatic heterocycles. The Labute approximate surface area is 180 Å². The third-order valence-electron chi connectivity index (χ3n) is 5.86. The fourth-order valence-electron chi connectivity index (χ4n) is 4.36. The molecule has 1 fully saturated rings. The molecule has 2 bridgehead atoms. The molecule has 3 aromatic carbocycles. The van der Waals surface area contributed by atoms with Crippen molar-refractivity contribution in [3.8, 4) is 5.75 Å². The molecule has 5 rings (SSSR count). The fourth-order valence-corrected chi connectivity index (χ4v) is 4.36. The first-order valence-electron chi connectivity index (χ1n) is 10.3. The molecule has 0 aromatic heterocycles. The van der Waals surface area contributed by atoms with E-state index in [0.29, 0.717) is 24.2 Å². The lowest BCUT2D eigenvalue weighted by molar-refractivity contribution is 0.0379. The number of nitrogens with one attached hydrogen (secondary N) is 2. The molecule has 2 aliphatic rings. The van der Waals surface area contributed by atoms with Gasteiger partial charge in [-0.25, -0.2) is 4.79 Å². The van der Waals surface area contributed by atoms with Crippen LogP contribution in [-0.2, 0) is 6.54 Å². The number of fused-ring (bicyclic) bond motifs is 4. The monoisotopic (exact) mass is 413 g/mol. The molecule has 0 saturated carbocycles. The molecule has 1 saturated heterocycles. The molecule has 2 N–H and O–H groups in total. The molecule has 0 spiro atoms. The van der Waals surface area contributed by atoms with E-state index in [4.69, 9.17) is 4.74 Å². The minimum Gasteiger partial charge on any atom is -0.467 e. The highest BCUT2D eigenvalue weighted by Crippen LogP contribution is 2.45. The maximum atomic E-state index is 13.0. The van der Waals surface area contributed by atoms with Crippen LogP contribution >= 0.6 is 0 Å². The van der Waals surface area contributed by atoms with Crippen LogP contribution in [0.3, 0.4) is 0 Å². The lowest BCUT2D eigenvalue weighted by atomic mass is 9.90. The van der Waals surface area contributed by atoms with Crippen molar-refractivity contribution in [2.45, 2.75) is 31.7 Å². The van der Waals surface area contributed by atoms with Crippen LogP contribution in [0.1, 0.15) is 40.9 Å². The second kappa shape index (κ2) is 7.47. The van der Waals surface area contributed by atoms with E-state index in [9.17, 15) is 9.59 Å². The van der Waals surface area contributed by atoms with E-state index in [1.807, 2.05) is 61.5 Å². The van der Waals surface area contributed by atoms with Crippen molar-refractivity contribution in [2.24, 2.45) is 0 Å². The fraction of sp³-hybridized carbons (Fsp3) is 0.200. The number of ether oxygens (including phenoxy) is 1. The molecule has 6 heteroatoms. The Morgan fingerprint density at radius 2 is 1.77 bits per heavy atom. The van der Waals surface area contributed by atoms with Gasteiger partial charge in [0.1, 0.15) is 5.75 Å². The molecule has 2 atom stereocenters. The van der Waals surface area contributed by atoms with Crippen LogP contribution in [0, 0.1) is 0 Å². The highest BCUT2D eigenvalue weighted by molar-refractivity contribution is 5.97. The summed E-state index contributed by atoms with van der Waals surface area (Å²) >= 11 is 0. The number of benzene rings is 3. The summed E-state index contributed by atoms with van der Waals surface area (Å²) in [6.07, 6.45) is 0.634. The van der Waals surface area contributed by atoms with Gasteiger partial charge in [0.15, 0.2) is 5.72 Å². The third kappa shape index (κ3) is 3.50. The van der Waals surface area contributed by atoms with Crippen molar-refractivity contribution in [3.63, 3.8) is 0 Å². The number of hydrogen-bond donors (Lipinski definition) is 2. The van der Waals surface area contributed by atoms with Gasteiger partial charge in [-0.15, -0.1) is 0 Å². The standard InChI is InChI=1S/C25H23N3O3/c1-25-15-21(20-9-5-6-10-22(20)31-25)27-24(30)28(25)19-13-11-18(12-14-19)23(29)26-16-17-7-3-2-4-8-17/h2-14,21H,15-16H2,1H3,(H,26,29)(H,27,30)/t21-,25-/m1/s1. The Bertz CT molecular complexity index is 1130. The van der Waals surface area contributed by atoms with Gasteiger partial charge in [-0.3, -0.25) is 9.69 Å². The summed E-state index contributed by atoms with van der Waals surface area (Å²) in [5.74, 6) is 0.621. The Kier molecular flexibility index (Phi) is 4.62. The van der Waals surface area contributed by atoms with Gasteiger partial charge in [-0.1, -0.05) is 48.5 Å². The number of carbonyl (C=O) groups is 2. The Balaban J connectivity index is 1.35. The second-order valence-electron chi connectivity index (χ2n) is 8.07. The quantitative estimate of drug-likeness (QED) is 0.667. The van der Waals surface area contributed by atoms with E-state index >= 15 is 0 Å². The van der Waals surface area contributed by atoms with Crippen LogP contribution in [0.25, 0.3) is 0 Å². The minimum atomic E-state index is -0.807. The number of anilines is 1. The van der Waals surface area contributed by atoms with Gasteiger partial charge in [-0.2, -0.15) is 0 Å². The Morgan fingerprint density at radius 3 is 2.55 bits per heavy atom.